The molecule has 2 unspecified atom stereocenters. The first kappa shape index (κ1) is 23.9. The SMILES string of the molecule is CC1C2=NN3C(=CC(C4CC4)=NC13)N(C)CCNC(=O)COc1ccc(F)cc1C(=O)N1CCOC[C@@H]21. The van der Waals surface area contributed by atoms with Crippen molar-refractivity contribution in [3.05, 3.63) is 41.5 Å². The molecule has 1 N–H and O–H groups in total. The van der Waals surface area contributed by atoms with Crippen LogP contribution in [0.25, 0.3) is 0 Å². The molecule has 1 aliphatic carbocycles. The van der Waals surface area contributed by atoms with Crippen molar-refractivity contribution in [3.8, 4) is 5.75 Å². The molecule has 2 fully saturated rings. The predicted molar refractivity (Wildman–Crippen MR) is 134 cm³/mol. The van der Waals surface area contributed by atoms with E-state index in [4.69, 9.17) is 19.6 Å². The molecule has 0 radical (unpaired) electrons. The van der Waals surface area contributed by atoms with Crippen LogP contribution < -0.4 is 10.1 Å². The predicted octanol–water partition coefficient (Wildman–Crippen LogP) is 1.45. The van der Waals surface area contributed by atoms with E-state index in [-0.39, 0.29) is 48.4 Å². The molecule has 2 bridgehead atoms. The van der Waals surface area contributed by atoms with Crippen molar-refractivity contribution in [1.82, 2.24) is 20.1 Å². The van der Waals surface area contributed by atoms with Crippen LogP contribution in [-0.2, 0) is 9.53 Å². The smallest absolute Gasteiger partial charge is 0.258 e. The molecule has 0 aromatic heterocycles. The Bertz CT molecular complexity index is 1210. The number of fused-ring (bicyclic) bond motifs is 3. The van der Waals surface area contributed by atoms with Gasteiger partial charge in [0.15, 0.2) is 12.8 Å². The summed E-state index contributed by atoms with van der Waals surface area (Å²) in [5, 5.41) is 9.82. The van der Waals surface area contributed by atoms with E-state index < -0.39 is 11.9 Å². The third-order valence-corrected chi connectivity index (χ3v) is 7.60. The molecule has 1 aromatic rings. The summed E-state index contributed by atoms with van der Waals surface area (Å²) in [6.07, 6.45) is 4.14. The van der Waals surface area contributed by atoms with E-state index in [9.17, 15) is 14.0 Å². The maximum atomic E-state index is 14.3. The molecule has 3 atom stereocenters. The Morgan fingerprint density at radius 2 is 2.03 bits per heavy atom. The fraction of sp³-hybridized carbons (Fsp3) is 0.538. The van der Waals surface area contributed by atoms with Crippen LogP contribution in [0.15, 0.2) is 40.2 Å². The molecule has 4 heterocycles. The lowest BCUT2D eigenvalue weighted by molar-refractivity contribution is -0.123. The molecule has 5 aliphatic rings. The number of hydrazone groups is 1. The maximum Gasteiger partial charge on any atom is 0.258 e. The molecule has 0 spiro atoms. The number of carbonyl (C=O) groups excluding carboxylic acids is 2. The van der Waals surface area contributed by atoms with Gasteiger partial charge in [0.2, 0.25) is 0 Å². The minimum atomic E-state index is -0.553. The fourth-order valence-corrected chi connectivity index (χ4v) is 5.35. The lowest BCUT2D eigenvalue weighted by Gasteiger charge is -2.37. The van der Waals surface area contributed by atoms with Gasteiger partial charge in [-0.1, -0.05) is 6.92 Å². The molecular formula is C26H31FN6O4. The Morgan fingerprint density at radius 1 is 1.19 bits per heavy atom. The number of likely N-dealkylation sites (N-methyl/N-ethyl adjacent to an activating group) is 1. The number of hydrogen-bond donors (Lipinski definition) is 1. The molecule has 196 valence electrons. The third-order valence-electron chi connectivity index (χ3n) is 7.60. The monoisotopic (exact) mass is 510 g/mol. The van der Waals surface area contributed by atoms with Gasteiger partial charge < -0.3 is 24.6 Å². The summed E-state index contributed by atoms with van der Waals surface area (Å²) in [4.78, 5) is 35.2. The zero-order valence-electron chi connectivity index (χ0n) is 21.0. The Morgan fingerprint density at radius 3 is 2.84 bits per heavy atom. The normalized spacial score (nSPS) is 28.5. The van der Waals surface area contributed by atoms with Gasteiger partial charge in [0, 0.05) is 50.3 Å². The van der Waals surface area contributed by atoms with Gasteiger partial charge in [-0.3, -0.25) is 14.6 Å². The van der Waals surface area contributed by atoms with Crippen molar-refractivity contribution in [2.24, 2.45) is 21.9 Å². The number of aliphatic imine (C=N–C) groups is 1. The first-order valence-corrected chi connectivity index (χ1v) is 12.9. The number of halogens is 1. The molecule has 6 rings (SSSR count). The Balaban J connectivity index is 1.42. The van der Waals surface area contributed by atoms with Crippen LogP contribution in [0.2, 0.25) is 0 Å². The van der Waals surface area contributed by atoms with Crippen LogP contribution in [0.4, 0.5) is 4.39 Å². The first-order chi connectivity index (χ1) is 17.9. The van der Waals surface area contributed by atoms with E-state index in [2.05, 4.69) is 23.2 Å². The van der Waals surface area contributed by atoms with Crippen LogP contribution in [0.3, 0.4) is 0 Å². The van der Waals surface area contributed by atoms with Gasteiger partial charge in [0.25, 0.3) is 11.8 Å². The second-order valence-electron chi connectivity index (χ2n) is 10.2. The van der Waals surface area contributed by atoms with Gasteiger partial charge in [0.05, 0.1) is 30.5 Å². The second kappa shape index (κ2) is 9.44. The number of amides is 2. The first-order valence-electron chi connectivity index (χ1n) is 12.9. The fourth-order valence-electron chi connectivity index (χ4n) is 5.35. The van der Waals surface area contributed by atoms with Crippen molar-refractivity contribution >= 4 is 23.2 Å². The summed E-state index contributed by atoms with van der Waals surface area (Å²) in [6.45, 7) is 3.76. The molecular weight excluding hydrogens is 479 g/mol. The minimum Gasteiger partial charge on any atom is -0.483 e. The Labute approximate surface area is 214 Å². The Hall–Kier alpha value is -3.47. The Kier molecular flexibility index (Phi) is 6.10. The van der Waals surface area contributed by atoms with Crippen molar-refractivity contribution in [2.75, 3.05) is 46.5 Å². The van der Waals surface area contributed by atoms with E-state index in [1.807, 2.05) is 12.1 Å². The van der Waals surface area contributed by atoms with Crippen molar-refractivity contribution in [3.63, 3.8) is 0 Å². The number of hydrogen-bond acceptors (Lipinski definition) is 8. The standard InChI is InChI=1S/C26H31FN6O4/c1-15-24-20-13-36-10-9-32(20)26(35)18-11-17(27)5-6-21(18)37-14-22(34)28-7-8-31(2)23-12-19(16-3-4-16)29-25(15)33(23)30-24/h5-6,11-12,15-16,20,25H,3-4,7-10,13-14H2,1-2H3,(H,28,34)/t15?,20-,25?/m0/s1. The number of nitrogens with one attached hydrogen (secondary N) is 1. The summed E-state index contributed by atoms with van der Waals surface area (Å²) in [6, 6.07) is 3.35. The molecule has 11 heteroatoms. The molecule has 2 amide bonds. The average molecular weight is 511 g/mol. The highest BCUT2D eigenvalue weighted by Gasteiger charge is 2.46. The van der Waals surface area contributed by atoms with E-state index in [1.165, 1.54) is 12.1 Å². The van der Waals surface area contributed by atoms with Gasteiger partial charge in [-0.15, -0.1) is 0 Å². The number of ether oxygens (including phenoxy) is 2. The number of allylic oxidation sites excluding steroid dienone is 1. The lowest BCUT2D eigenvalue weighted by atomic mass is 9.94. The molecule has 4 aliphatic heterocycles. The van der Waals surface area contributed by atoms with Gasteiger partial charge in [-0.05, 0) is 31.0 Å². The minimum absolute atomic E-state index is 0.0635. The van der Waals surface area contributed by atoms with Crippen LogP contribution in [0.1, 0.15) is 30.1 Å². The summed E-state index contributed by atoms with van der Waals surface area (Å²) < 4.78 is 25.8. The maximum absolute atomic E-state index is 14.3. The van der Waals surface area contributed by atoms with Gasteiger partial charge in [-0.2, -0.15) is 5.10 Å². The molecule has 1 aromatic carbocycles. The van der Waals surface area contributed by atoms with Crippen molar-refractivity contribution in [1.29, 1.82) is 0 Å². The van der Waals surface area contributed by atoms with Crippen LogP contribution in [0.5, 0.6) is 5.75 Å². The zero-order chi connectivity index (χ0) is 25.7. The quantitative estimate of drug-likeness (QED) is 0.614. The van der Waals surface area contributed by atoms with Gasteiger partial charge >= 0.3 is 0 Å². The van der Waals surface area contributed by atoms with Crippen molar-refractivity contribution in [2.45, 2.75) is 32.0 Å². The molecule has 37 heavy (non-hydrogen) atoms. The summed E-state index contributed by atoms with van der Waals surface area (Å²) in [7, 11) is 1.98. The third kappa shape index (κ3) is 4.45. The summed E-state index contributed by atoms with van der Waals surface area (Å²) in [5.41, 5.74) is 1.97. The second-order valence-corrected chi connectivity index (χ2v) is 10.2. The van der Waals surface area contributed by atoms with Crippen LogP contribution in [-0.4, -0.2) is 96.8 Å². The highest BCUT2D eigenvalue weighted by Crippen LogP contribution is 2.39. The highest BCUT2D eigenvalue weighted by atomic mass is 19.1. The molecule has 1 saturated heterocycles. The van der Waals surface area contributed by atoms with Gasteiger partial charge in [-0.25, -0.2) is 9.40 Å². The van der Waals surface area contributed by atoms with E-state index >= 15 is 0 Å². The van der Waals surface area contributed by atoms with Crippen LogP contribution >= 0.6 is 0 Å². The van der Waals surface area contributed by atoms with Crippen molar-refractivity contribution < 1.29 is 23.5 Å². The molecule has 10 nitrogen and oxygen atoms in total. The van der Waals surface area contributed by atoms with E-state index in [0.717, 1.165) is 36.2 Å². The van der Waals surface area contributed by atoms with Crippen LogP contribution in [0, 0.1) is 17.7 Å². The average Bonchev–Trinajstić information content (AvgIpc) is 3.70. The van der Waals surface area contributed by atoms with E-state index in [0.29, 0.717) is 32.2 Å². The number of morpholine rings is 1. The topological polar surface area (TPSA) is 99.1 Å². The number of benzene rings is 1. The highest BCUT2D eigenvalue weighted by molar-refractivity contribution is 6.04. The van der Waals surface area contributed by atoms with E-state index in [1.54, 1.807) is 4.90 Å². The summed E-state index contributed by atoms with van der Waals surface area (Å²) >= 11 is 0. The summed E-state index contributed by atoms with van der Waals surface area (Å²) in [5.74, 6) is 0.232. The largest absolute Gasteiger partial charge is 0.483 e. The van der Waals surface area contributed by atoms with Gasteiger partial charge in [0.1, 0.15) is 17.4 Å². The zero-order valence-corrected chi connectivity index (χ0v) is 21.0. The lowest BCUT2D eigenvalue weighted by Crippen LogP contribution is -2.54. The number of nitrogens with zero attached hydrogens (tertiary/aromatic N) is 5. The number of carbonyl (C=O) groups is 2. The number of rotatable bonds is 1. The molecule has 1 saturated carbocycles.